The van der Waals surface area contributed by atoms with E-state index in [9.17, 15) is 14.4 Å². The van der Waals surface area contributed by atoms with Gasteiger partial charge in [-0.3, -0.25) is 9.59 Å². The van der Waals surface area contributed by atoms with Crippen LogP contribution in [0.4, 0.5) is 0 Å². The van der Waals surface area contributed by atoms with Crippen molar-refractivity contribution in [3.63, 3.8) is 0 Å². The molecule has 0 unspecified atom stereocenters. The second-order valence-electron chi connectivity index (χ2n) is 7.42. The summed E-state index contributed by atoms with van der Waals surface area (Å²) >= 11 is 0. The maximum absolute atomic E-state index is 12.4. The molecule has 0 aliphatic rings. The van der Waals surface area contributed by atoms with E-state index in [1.165, 1.54) is 35.4 Å². The summed E-state index contributed by atoms with van der Waals surface area (Å²) in [4.78, 5) is 36.1. The van der Waals surface area contributed by atoms with Crippen molar-refractivity contribution in [2.75, 3.05) is 28.4 Å². The number of hydrogen-bond acceptors (Lipinski definition) is 7. The van der Waals surface area contributed by atoms with Crippen molar-refractivity contribution in [2.24, 2.45) is 0 Å². The minimum atomic E-state index is -0.513. The van der Waals surface area contributed by atoms with Crippen LogP contribution in [0.15, 0.2) is 36.4 Å². The third kappa shape index (κ3) is 6.22. The van der Waals surface area contributed by atoms with Crippen LogP contribution in [0, 0.1) is 6.92 Å². The number of rotatable bonds is 10. The Kier molecular flexibility index (Phi) is 9.21. The van der Waals surface area contributed by atoms with Crippen LogP contribution in [-0.2, 0) is 14.3 Å². The molecule has 0 fully saturated rings. The van der Waals surface area contributed by atoms with E-state index < -0.39 is 5.97 Å². The number of hydrogen-bond donors (Lipinski definition) is 0. The molecular weight excluding hydrogens is 424 g/mol. The highest BCUT2D eigenvalue weighted by Crippen LogP contribution is 2.34. The third-order valence-electron chi connectivity index (χ3n) is 5.25. The van der Waals surface area contributed by atoms with E-state index in [0.29, 0.717) is 35.5 Å². The minimum Gasteiger partial charge on any atom is -0.496 e. The van der Waals surface area contributed by atoms with E-state index in [1.54, 1.807) is 18.2 Å². The zero-order valence-electron chi connectivity index (χ0n) is 19.9. The molecule has 2 aromatic carbocycles. The molecule has 0 aromatic heterocycles. The average Bonchev–Trinajstić information content (AvgIpc) is 2.82. The van der Waals surface area contributed by atoms with Gasteiger partial charge in [0.1, 0.15) is 17.1 Å². The Balaban J connectivity index is 2.65. The predicted molar refractivity (Wildman–Crippen MR) is 125 cm³/mol. The molecule has 0 atom stereocenters. The fourth-order valence-corrected chi connectivity index (χ4v) is 3.61. The van der Waals surface area contributed by atoms with Crippen molar-refractivity contribution in [3.05, 3.63) is 64.2 Å². The van der Waals surface area contributed by atoms with Gasteiger partial charge in [0, 0.05) is 6.42 Å². The molecule has 0 bridgehead atoms. The minimum absolute atomic E-state index is 0.125. The highest BCUT2D eigenvalue weighted by Gasteiger charge is 2.19. The second-order valence-corrected chi connectivity index (χ2v) is 7.42. The van der Waals surface area contributed by atoms with Gasteiger partial charge >= 0.3 is 11.9 Å². The topological polar surface area (TPSA) is 88.1 Å². The molecule has 0 spiro atoms. The van der Waals surface area contributed by atoms with Crippen LogP contribution in [0.3, 0.4) is 0 Å². The van der Waals surface area contributed by atoms with Gasteiger partial charge in [-0.05, 0) is 73.2 Å². The van der Waals surface area contributed by atoms with Crippen LogP contribution in [0.2, 0.25) is 0 Å². The Morgan fingerprint density at radius 1 is 0.879 bits per heavy atom. The molecule has 0 radical (unpaired) electrons. The van der Waals surface area contributed by atoms with Crippen LogP contribution in [0.1, 0.15) is 63.6 Å². The third-order valence-corrected chi connectivity index (χ3v) is 5.25. The fourth-order valence-electron chi connectivity index (χ4n) is 3.61. The summed E-state index contributed by atoms with van der Waals surface area (Å²) in [5.74, 6) is 0.00896. The normalized spacial score (nSPS) is 11.0. The van der Waals surface area contributed by atoms with Crippen LogP contribution in [0.5, 0.6) is 11.5 Å². The van der Waals surface area contributed by atoms with E-state index in [4.69, 9.17) is 18.9 Å². The van der Waals surface area contributed by atoms with Crippen LogP contribution >= 0.6 is 0 Å². The van der Waals surface area contributed by atoms with Gasteiger partial charge in [-0.2, -0.15) is 0 Å². The number of methoxy groups -OCH3 is 4. The predicted octanol–water partition coefficient (Wildman–Crippen LogP) is 4.78. The number of ether oxygens (including phenoxy) is 4. The van der Waals surface area contributed by atoms with Gasteiger partial charge < -0.3 is 18.9 Å². The molecule has 0 N–H and O–H groups in total. The summed E-state index contributed by atoms with van der Waals surface area (Å²) in [5, 5.41) is 0. The fraction of sp³-hybridized carbons (Fsp3) is 0.346. The standard InChI is InChI=1S/C26H30O7/c1-16-13-19(15-22(25(16)32-5)26(29)33-6)20(9-7-8-10-24(28)31-4)18-11-12-23(30-3)21(14-18)17(2)27/h9,11-15H,7-8,10H2,1-6H3/b20-9-. The molecule has 2 rings (SSSR count). The van der Waals surface area contributed by atoms with Gasteiger partial charge in [0.05, 0.1) is 34.0 Å². The number of esters is 2. The van der Waals surface area contributed by atoms with Crippen LogP contribution in [-0.4, -0.2) is 46.2 Å². The van der Waals surface area contributed by atoms with Crippen molar-refractivity contribution in [1.29, 1.82) is 0 Å². The number of carbonyl (C=O) groups is 3. The van der Waals surface area contributed by atoms with Crippen LogP contribution < -0.4 is 9.47 Å². The maximum atomic E-state index is 12.4. The summed E-state index contributed by atoms with van der Waals surface area (Å²) in [5.41, 5.74) is 3.85. The van der Waals surface area contributed by atoms with Crippen molar-refractivity contribution >= 4 is 23.3 Å². The molecule has 0 saturated heterocycles. The van der Waals surface area contributed by atoms with Crippen molar-refractivity contribution < 1.29 is 33.3 Å². The molecule has 0 heterocycles. The molecule has 0 saturated carbocycles. The Morgan fingerprint density at radius 2 is 1.58 bits per heavy atom. The zero-order chi connectivity index (χ0) is 24.5. The molecule has 7 nitrogen and oxygen atoms in total. The quantitative estimate of drug-likeness (QED) is 0.290. The number of aryl methyl sites for hydroxylation is 1. The van der Waals surface area contributed by atoms with E-state index in [1.807, 2.05) is 25.1 Å². The van der Waals surface area contributed by atoms with Gasteiger partial charge in [0.25, 0.3) is 0 Å². The van der Waals surface area contributed by atoms with E-state index in [2.05, 4.69) is 0 Å². The number of allylic oxidation sites excluding steroid dienone is 1. The van der Waals surface area contributed by atoms with Crippen molar-refractivity contribution in [1.82, 2.24) is 0 Å². The molecule has 0 aliphatic carbocycles. The zero-order valence-corrected chi connectivity index (χ0v) is 19.9. The summed E-state index contributed by atoms with van der Waals surface area (Å²) in [6, 6.07) is 8.99. The van der Waals surface area contributed by atoms with Gasteiger partial charge in [-0.15, -0.1) is 0 Å². The van der Waals surface area contributed by atoms with Crippen molar-refractivity contribution in [3.8, 4) is 11.5 Å². The van der Waals surface area contributed by atoms with Gasteiger partial charge in [-0.25, -0.2) is 4.79 Å². The number of carbonyl (C=O) groups excluding carboxylic acids is 3. The van der Waals surface area contributed by atoms with Gasteiger partial charge in [0.2, 0.25) is 0 Å². The highest BCUT2D eigenvalue weighted by molar-refractivity contribution is 5.99. The molecule has 0 aliphatic heterocycles. The Labute approximate surface area is 194 Å². The second kappa shape index (κ2) is 11.9. The van der Waals surface area contributed by atoms with Crippen LogP contribution in [0.25, 0.3) is 5.57 Å². The first-order valence-corrected chi connectivity index (χ1v) is 10.5. The lowest BCUT2D eigenvalue weighted by molar-refractivity contribution is -0.140. The summed E-state index contributed by atoms with van der Waals surface area (Å²) in [6.45, 7) is 3.33. The van der Waals surface area contributed by atoms with Crippen molar-refractivity contribution in [2.45, 2.75) is 33.1 Å². The SMILES string of the molecule is COC(=O)CCC/C=C(/c1ccc(OC)c(C(C)=O)c1)c1cc(C)c(OC)c(C(=O)OC)c1. The van der Waals surface area contributed by atoms with Gasteiger partial charge in [-0.1, -0.05) is 12.1 Å². The molecule has 2 aromatic rings. The largest absolute Gasteiger partial charge is 0.496 e. The molecule has 0 amide bonds. The number of ketones is 1. The number of unbranched alkanes of at least 4 members (excludes halogenated alkanes) is 1. The molecule has 176 valence electrons. The Bertz CT molecular complexity index is 1070. The molecule has 33 heavy (non-hydrogen) atoms. The maximum Gasteiger partial charge on any atom is 0.341 e. The van der Waals surface area contributed by atoms with E-state index in [0.717, 1.165) is 22.3 Å². The number of benzene rings is 2. The molecule has 7 heteroatoms. The lowest BCUT2D eigenvalue weighted by Gasteiger charge is -2.16. The summed E-state index contributed by atoms with van der Waals surface area (Å²) in [6.07, 6.45) is 3.45. The monoisotopic (exact) mass is 454 g/mol. The summed E-state index contributed by atoms with van der Waals surface area (Å²) < 4.78 is 20.4. The average molecular weight is 455 g/mol. The Hall–Kier alpha value is -3.61. The first kappa shape index (κ1) is 25.6. The lowest BCUT2D eigenvalue weighted by atomic mass is 9.91. The number of Topliss-reactive ketones (excluding diaryl/α,β-unsaturated/α-hetero) is 1. The van der Waals surface area contributed by atoms with Gasteiger partial charge in [0.15, 0.2) is 5.78 Å². The Morgan fingerprint density at radius 3 is 2.15 bits per heavy atom. The lowest BCUT2D eigenvalue weighted by Crippen LogP contribution is -2.07. The summed E-state index contributed by atoms with van der Waals surface area (Å²) in [7, 11) is 5.69. The smallest absolute Gasteiger partial charge is 0.341 e. The van der Waals surface area contributed by atoms with E-state index in [-0.39, 0.29) is 18.2 Å². The van der Waals surface area contributed by atoms with E-state index >= 15 is 0 Å². The molecular formula is C26H30O7. The first-order chi connectivity index (χ1) is 15.8. The highest BCUT2D eigenvalue weighted by atomic mass is 16.5. The first-order valence-electron chi connectivity index (χ1n) is 10.5.